The molecule has 4 rings (SSSR count). The van der Waals surface area contributed by atoms with Crippen molar-refractivity contribution in [2.45, 2.75) is 26.2 Å². The zero-order chi connectivity index (χ0) is 20.8. The topological polar surface area (TPSA) is 85.8 Å². The number of amides is 1. The summed E-state index contributed by atoms with van der Waals surface area (Å²) < 4.78 is 11.3. The van der Waals surface area contributed by atoms with Crippen molar-refractivity contribution < 1.29 is 18.7 Å². The number of ether oxygens (including phenoxy) is 1. The molecule has 1 amide bonds. The molecule has 3 aromatic rings. The Morgan fingerprint density at radius 3 is 2.45 bits per heavy atom. The third-order valence-electron chi connectivity index (χ3n) is 5.11. The zero-order valence-electron chi connectivity index (χ0n) is 16.8. The number of hydrogen-bond donors (Lipinski definition) is 1. The number of para-hydroxylation sites is 1. The molecule has 0 saturated carbocycles. The van der Waals surface area contributed by atoms with Crippen LogP contribution in [0.3, 0.4) is 0 Å². The number of benzene rings is 2. The lowest BCUT2D eigenvalue weighted by atomic mass is 9.98. The molecule has 6 nitrogen and oxygen atoms in total. The standard InChI is InChI=1S/C22H23NO3.CH3NO/c1-15(24)21-14-18-16(10-11-20(25-2)22(18)26-21)17-8-4-5-9-19(17)23-12-6-3-7-13-23;2-1-3/h4-5,8-11,14H,3,6-7,12-13H2,1-2H3;1H,(H2,2,3). The summed E-state index contributed by atoms with van der Waals surface area (Å²) in [6, 6.07) is 14.3. The van der Waals surface area contributed by atoms with Crippen LogP contribution < -0.4 is 15.4 Å². The number of Topliss-reactive ketones (excluding diaryl/α,β-unsaturated/α-hetero) is 1. The zero-order valence-corrected chi connectivity index (χ0v) is 16.8. The fourth-order valence-corrected chi connectivity index (χ4v) is 3.78. The van der Waals surface area contributed by atoms with E-state index in [4.69, 9.17) is 13.9 Å². The number of rotatable bonds is 4. The van der Waals surface area contributed by atoms with Crippen LogP contribution in [0.2, 0.25) is 0 Å². The number of primary amides is 1. The first kappa shape index (κ1) is 20.5. The van der Waals surface area contributed by atoms with Crippen LogP contribution in [-0.2, 0) is 4.79 Å². The molecule has 1 aliphatic heterocycles. The fraction of sp³-hybridized carbons (Fsp3) is 0.304. The number of anilines is 1. The highest BCUT2D eigenvalue weighted by Gasteiger charge is 2.20. The Bertz CT molecular complexity index is 1000. The Hall–Kier alpha value is -3.28. The number of carbonyl (C=O) groups excluding carboxylic acids is 2. The molecule has 0 radical (unpaired) electrons. The maximum atomic E-state index is 11.8. The quantitative estimate of drug-likeness (QED) is 0.523. The van der Waals surface area contributed by atoms with Gasteiger partial charge in [0.1, 0.15) is 0 Å². The van der Waals surface area contributed by atoms with Crippen LogP contribution in [0.15, 0.2) is 46.9 Å². The van der Waals surface area contributed by atoms with Gasteiger partial charge in [0.25, 0.3) is 0 Å². The van der Waals surface area contributed by atoms with E-state index in [1.807, 2.05) is 12.1 Å². The predicted octanol–water partition coefficient (Wildman–Crippen LogP) is 4.40. The number of furan rings is 1. The van der Waals surface area contributed by atoms with Gasteiger partial charge in [0.15, 0.2) is 22.9 Å². The predicted molar refractivity (Wildman–Crippen MR) is 115 cm³/mol. The van der Waals surface area contributed by atoms with E-state index in [9.17, 15) is 4.79 Å². The van der Waals surface area contributed by atoms with E-state index in [2.05, 4.69) is 41.0 Å². The van der Waals surface area contributed by atoms with E-state index >= 15 is 0 Å². The van der Waals surface area contributed by atoms with Crippen molar-refractivity contribution in [3.05, 3.63) is 48.2 Å². The minimum atomic E-state index is -0.0847. The molecule has 0 atom stereocenters. The molecule has 6 heteroatoms. The first-order chi connectivity index (χ1) is 14.1. The monoisotopic (exact) mass is 394 g/mol. The molecule has 0 spiro atoms. The molecular weight excluding hydrogens is 368 g/mol. The summed E-state index contributed by atoms with van der Waals surface area (Å²) in [5, 5.41) is 0.916. The van der Waals surface area contributed by atoms with Crippen molar-refractivity contribution in [3.63, 3.8) is 0 Å². The average molecular weight is 394 g/mol. The van der Waals surface area contributed by atoms with Gasteiger partial charge in [-0.3, -0.25) is 9.59 Å². The fourth-order valence-electron chi connectivity index (χ4n) is 3.78. The molecule has 2 N–H and O–H groups in total. The Morgan fingerprint density at radius 2 is 1.79 bits per heavy atom. The van der Waals surface area contributed by atoms with Gasteiger partial charge in [-0.05, 0) is 49.1 Å². The highest BCUT2D eigenvalue weighted by molar-refractivity contribution is 6.04. The number of carbonyl (C=O) groups is 2. The second-order valence-electron chi connectivity index (χ2n) is 6.93. The third kappa shape index (κ3) is 4.26. The van der Waals surface area contributed by atoms with Crippen molar-refractivity contribution in [2.24, 2.45) is 5.73 Å². The van der Waals surface area contributed by atoms with E-state index in [1.54, 1.807) is 7.11 Å². The number of methoxy groups -OCH3 is 1. The SMILES string of the molecule is COc1ccc(-c2ccccc2N2CCCCC2)c2cc(C(C)=O)oc12.NC=O. The molecule has 2 heterocycles. The summed E-state index contributed by atoms with van der Waals surface area (Å²) in [4.78, 5) is 22.9. The smallest absolute Gasteiger partial charge is 0.204 e. The van der Waals surface area contributed by atoms with Crippen molar-refractivity contribution in [1.29, 1.82) is 0 Å². The number of piperidine rings is 1. The number of fused-ring (bicyclic) bond motifs is 1. The maximum absolute atomic E-state index is 11.8. The van der Waals surface area contributed by atoms with Gasteiger partial charge in [-0.2, -0.15) is 0 Å². The third-order valence-corrected chi connectivity index (χ3v) is 5.11. The normalized spacial score (nSPS) is 13.5. The van der Waals surface area contributed by atoms with Crippen LogP contribution in [0.4, 0.5) is 5.69 Å². The molecule has 1 saturated heterocycles. The van der Waals surface area contributed by atoms with Crippen molar-refractivity contribution in [2.75, 3.05) is 25.1 Å². The molecule has 29 heavy (non-hydrogen) atoms. The minimum Gasteiger partial charge on any atom is -0.493 e. The number of nitrogens with two attached hydrogens (primary N) is 1. The van der Waals surface area contributed by atoms with Gasteiger partial charge in [-0.15, -0.1) is 0 Å². The summed E-state index contributed by atoms with van der Waals surface area (Å²) in [7, 11) is 1.62. The summed E-state index contributed by atoms with van der Waals surface area (Å²) in [6.45, 7) is 3.69. The first-order valence-electron chi connectivity index (χ1n) is 9.72. The van der Waals surface area contributed by atoms with Gasteiger partial charge in [-0.25, -0.2) is 0 Å². The lowest BCUT2D eigenvalue weighted by Gasteiger charge is -2.30. The van der Waals surface area contributed by atoms with Crippen LogP contribution in [0, 0.1) is 0 Å². The highest BCUT2D eigenvalue weighted by Crippen LogP contribution is 2.40. The van der Waals surface area contributed by atoms with Crippen LogP contribution in [-0.4, -0.2) is 32.4 Å². The molecule has 1 aromatic heterocycles. The van der Waals surface area contributed by atoms with E-state index in [0.29, 0.717) is 17.1 Å². The van der Waals surface area contributed by atoms with E-state index in [-0.39, 0.29) is 12.2 Å². The summed E-state index contributed by atoms with van der Waals surface area (Å²) >= 11 is 0. The van der Waals surface area contributed by atoms with Gasteiger partial charge >= 0.3 is 0 Å². The van der Waals surface area contributed by atoms with Crippen LogP contribution in [0.1, 0.15) is 36.7 Å². The van der Waals surface area contributed by atoms with Crippen LogP contribution in [0.25, 0.3) is 22.1 Å². The molecular formula is C23H26N2O4. The number of hydrogen-bond acceptors (Lipinski definition) is 5. The first-order valence-corrected chi connectivity index (χ1v) is 9.72. The molecule has 1 fully saturated rings. The van der Waals surface area contributed by atoms with E-state index in [1.165, 1.54) is 31.9 Å². The Morgan fingerprint density at radius 1 is 1.10 bits per heavy atom. The Labute approximate surface area is 170 Å². The van der Waals surface area contributed by atoms with E-state index < -0.39 is 0 Å². The molecule has 0 bridgehead atoms. The van der Waals surface area contributed by atoms with Crippen molar-refractivity contribution >= 4 is 28.8 Å². The molecule has 0 unspecified atom stereocenters. The van der Waals surface area contributed by atoms with Gasteiger partial charge < -0.3 is 19.8 Å². The summed E-state index contributed by atoms with van der Waals surface area (Å²) in [5.74, 6) is 0.923. The lowest BCUT2D eigenvalue weighted by Crippen LogP contribution is -2.29. The van der Waals surface area contributed by atoms with Gasteiger partial charge in [0, 0.05) is 36.7 Å². The maximum Gasteiger partial charge on any atom is 0.204 e. The minimum absolute atomic E-state index is 0.0847. The lowest BCUT2D eigenvalue weighted by molar-refractivity contribution is -0.106. The van der Waals surface area contributed by atoms with Gasteiger partial charge in [-0.1, -0.05) is 18.2 Å². The average Bonchev–Trinajstić information content (AvgIpc) is 3.20. The Balaban J connectivity index is 0.000000755. The van der Waals surface area contributed by atoms with Gasteiger partial charge in [0.2, 0.25) is 6.41 Å². The molecule has 2 aromatic carbocycles. The molecule has 152 valence electrons. The molecule has 0 aliphatic carbocycles. The summed E-state index contributed by atoms with van der Waals surface area (Å²) in [5.41, 5.74) is 8.27. The largest absolute Gasteiger partial charge is 0.493 e. The summed E-state index contributed by atoms with van der Waals surface area (Å²) in [6.07, 6.45) is 4.01. The number of ketones is 1. The van der Waals surface area contributed by atoms with Crippen LogP contribution in [0.5, 0.6) is 5.75 Å². The highest BCUT2D eigenvalue weighted by atomic mass is 16.5. The van der Waals surface area contributed by atoms with E-state index in [0.717, 1.165) is 29.6 Å². The Kier molecular flexibility index (Phi) is 6.54. The number of nitrogens with zero attached hydrogens (tertiary/aromatic N) is 1. The van der Waals surface area contributed by atoms with Crippen LogP contribution >= 0.6 is 0 Å². The second-order valence-corrected chi connectivity index (χ2v) is 6.93. The van der Waals surface area contributed by atoms with Crippen molar-refractivity contribution in [1.82, 2.24) is 0 Å². The van der Waals surface area contributed by atoms with Gasteiger partial charge in [0.05, 0.1) is 7.11 Å². The molecule has 1 aliphatic rings. The second kappa shape index (κ2) is 9.28. The van der Waals surface area contributed by atoms with Crippen molar-refractivity contribution in [3.8, 4) is 16.9 Å².